The number of ether oxygens (including phenoxy) is 1. The zero-order valence-electron chi connectivity index (χ0n) is 10.9. The Balaban J connectivity index is 2.44. The second kappa shape index (κ2) is 6.09. The van der Waals surface area contributed by atoms with E-state index in [0.29, 0.717) is 18.1 Å². The molecule has 1 aliphatic rings. The van der Waals surface area contributed by atoms with Crippen LogP contribution in [0.15, 0.2) is 16.5 Å². The summed E-state index contributed by atoms with van der Waals surface area (Å²) in [4.78, 5) is 4.56. The highest BCUT2D eigenvalue weighted by molar-refractivity contribution is 8.02. The van der Waals surface area contributed by atoms with Crippen LogP contribution in [0.5, 0.6) is 6.01 Å². The SMILES string of the molecule is CCCOc1nc2c(c(=N)n1CCC)CC=CS2. The lowest BCUT2D eigenvalue weighted by molar-refractivity contribution is 0.265. The first-order valence-electron chi connectivity index (χ1n) is 6.40. The van der Waals surface area contributed by atoms with Crippen molar-refractivity contribution in [2.24, 2.45) is 0 Å². The molecule has 1 N–H and O–H groups in total. The van der Waals surface area contributed by atoms with Gasteiger partial charge in [0.15, 0.2) is 0 Å². The topological polar surface area (TPSA) is 50.9 Å². The first kappa shape index (κ1) is 13.2. The van der Waals surface area contributed by atoms with E-state index in [0.717, 1.165) is 36.4 Å². The zero-order valence-corrected chi connectivity index (χ0v) is 11.7. The van der Waals surface area contributed by atoms with Crippen LogP contribution in [0, 0.1) is 5.41 Å². The number of hydrogen-bond acceptors (Lipinski definition) is 4. The highest BCUT2D eigenvalue weighted by atomic mass is 32.2. The molecule has 0 spiro atoms. The molecule has 0 amide bonds. The van der Waals surface area contributed by atoms with E-state index in [1.807, 2.05) is 9.98 Å². The fourth-order valence-electron chi connectivity index (χ4n) is 1.87. The fraction of sp³-hybridized carbons (Fsp3) is 0.538. The number of nitrogens with one attached hydrogen (secondary N) is 1. The molecular formula is C13H19N3OS. The maximum Gasteiger partial charge on any atom is 0.298 e. The Morgan fingerprint density at radius 1 is 1.44 bits per heavy atom. The summed E-state index contributed by atoms with van der Waals surface area (Å²) < 4.78 is 7.56. The Kier molecular flexibility index (Phi) is 4.47. The Morgan fingerprint density at radius 3 is 3.00 bits per heavy atom. The largest absolute Gasteiger partial charge is 0.465 e. The van der Waals surface area contributed by atoms with E-state index in [9.17, 15) is 0 Å². The van der Waals surface area contributed by atoms with Crippen LogP contribution in [0.25, 0.3) is 0 Å². The Labute approximate surface area is 112 Å². The van der Waals surface area contributed by atoms with Crippen molar-refractivity contribution in [3.8, 4) is 6.01 Å². The maximum absolute atomic E-state index is 8.30. The number of rotatable bonds is 5. The van der Waals surface area contributed by atoms with Gasteiger partial charge in [-0.15, -0.1) is 0 Å². The van der Waals surface area contributed by atoms with Gasteiger partial charge in [0, 0.05) is 12.1 Å². The van der Waals surface area contributed by atoms with Crippen molar-refractivity contribution < 1.29 is 4.74 Å². The molecule has 0 fully saturated rings. The van der Waals surface area contributed by atoms with Crippen LogP contribution in [-0.2, 0) is 13.0 Å². The summed E-state index contributed by atoms with van der Waals surface area (Å²) in [5.74, 6) is 0. The molecule has 2 rings (SSSR count). The fourth-order valence-corrected chi connectivity index (χ4v) is 2.64. The lowest BCUT2D eigenvalue weighted by atomic mass is 10.2. The molecule has 0 aromatic carbocycles. The molecule has 0 atom stereocenters. The lowest BCUT2D eigenvalue weighted by Crippen LogP contribution is -2.28. The second-order valence-electron chi connectivity index (χ2n) is 4.22. The van der Waals surface area contributed by atoms with Crippen LogP contribution in [-0.4, -0.2) is 16.2 Å². The van der Waals surface area contributed by atoms with Gasteiger partial charge in [0.25, 0.3) is 6.01 Å². The van der Waals surface area contributed by atoms with E-state index in [2.05, 4.69) is 24.9 Å². The third-order valence-corrected chi connectivity index (χ3v) is 3.61. The predicted octanol–water partition coefficient (Wildman–Crippen LogP) is 2.72. The van der Waals surface area contributed by atoms with Crippen LogP contribution < -0.4 is 10.2 Å². The van der Waals surface area contributed by atoms with Gasteiger partial charge in [-0.3, -0.25) is 9.98 Å². The number of nitrogens with zero attached hydrogens (tertiary/aromatic N) is 2. The minimum Gasteiger partial charge on any atom is -0.465 e. The Morgan fingerprint density at radius 2 is 2.28 bits per heavy atom. The van der Waals surface area contributed by atoms with E-state index < -0.39 is 0 Å². The minimum atomic E-state index is 0.546. The molecule has 1 aromatic rings. The summed E-state index contributed by atoms with van der Waals surface area (Å²) in [6.07, 6.45) is 4.80. The second-order valence-corrected chi connectivity index (χ2v) is 5.12. The number of fused-ring (bicyclic) bond motifs is 1. The average molecular weight is 265 g/mol. The van der Waals surface area contributed by atoms with E-state index in [1.165, 1.54) is 0 Å². The van der Waals surface area contributed by atoms with Gasteiger partial charge in [0.05, 0.1) is 6.61 Å². The van der Waals surface area contributed by atoms with Gasteiger partial charge in [-0.05, 0) is 24.7 Å². The lowest BCUT2D eigenvalue weighted by Gasteiger charge is -2.18. The number of hydrogen-bond donors (Lipinski definition) is 1. The molecule has 2 heterocycles. The molecule has 18 heavy (non-hydrogen) atoms. The van der Waals surface area contributed by atoms with E-state index in [4.69, 9.17) is 10.1 Å². The summed E-state index contributed by atoms with van der Waals surface area (Å²) in [6, 6.07) is 0.588. The summed E-state index contributed by atoms with van der Waals surface area (Å²) in [7, 11) is 0. The molecule has 1 aromatic heterocycles. The van der Waals surface area contributed by atoms with E-state index in [1.54, 1.807) is 11.8 Å². The standard InChI is InChI=1S/C13H19N3OS/c1-3-7-16-11(14)10-6-5-9-18-12(10)15-13(16)17-8-4-2/h5,9,14H,3-4,6-8H2,1-2H3. The van der Waals surface area contributed by atoms with Gasteiger partial charge in [-0.25, -0.2) is 0 Å². The molecule has 5 heteroatoms. The van der Waals surface area contributed by atoms with Crippen LogP contribution in [0.1, 0.15) is 32.3 Å². The quantitative estimate of drug-likeness (QED) is 0.833. The first-order valence-corrected chi connectivity index (χ1v) is 7.28. The molecule has 0 aliphatic carbocycles. The Bertz CT molecular complexity index is 508. The van der Waals surface area contributed by atoms with Gasteiger partial charge in [-0.1, -0.05) is 31.7 Å². The Hall–Kier alpha value is -1.23. The highest BCUT2D eigenvalue weighted by Gasteiger charge is 2.16. The number of thioether (sulfide) groups is 1. The summed E-state index contributed by atoms with van der Waals surface area (Å²) in [5.41, 5.74) is 1.56. The molecule has 0 saturated carbocycles. The molecular weight excluding hydrogens is 246 g/mol. The van der Waals surface area contributed by atoms with Gasteiger partial charge in [0.2, 0.25) is 0 Å². The van der Waals surface area contributed by atoms with Gasteiger partial charge < -0.3 is 4.74 Å². The number of allylic oxidation sites excluding steroid dienone is 1. The minimum absolute atomic E-state index is 0.546. The third kappa shape index (κ3) is 2.61. The van der Waals surface area contributed by atoms with Crippen molar-refractivity contribution in [3.63, 3.8) is 0 Å². The third-order valence-electron chi connectivity index (χ3n) is 2.72. The van der Waals surface area contributed by atoms with Gasteiger partial charge in [0.1, 0.15) is 10.5 Å². The molecule has 0 radical (unpaired) electrons. The van der Waals surface area contributed by atoms with Crippen molar-refractivity contribution in [2.75, 3.05) is 6.61 Å². The average Bonchev–Trinajstić information content (AvgIpc) is 2.40. The highest BCUT2D eigenvalue weighted by Crippen LogP contribution is 2.26. The summed E-state index contributed by atoms with van der Waals surface area (Å²) in [5, 5.41) is 11.2. The van der Waals surface area contributed by atoms with Crippen LogP contribution in [0.4, 0.5) is 0 Å². The monoisotopic (exact) mass is 265 g/mol. The van der Waals surface area contributed by atoms with Crippen LogP contribution >= 0.6 is 11.8 Å². The molecule has 98 valence electrons. The zero-order chi connectivity index (χ0) is 13.0. The normalized spacial score (nSPS) is 13.4. The van der Waals surface area contributed by atoms with Crippen molar-refractivity contribution in [1.29, 1.82) is 5.41 Å². The van der Waals surface area contributed by atoms with E-state index in [-0.39, 0.29) is 0 Å². The molecule has 1 aliphatic heterocycles. The molecule has 0 saturated heterocycles. The predicted molar refractivity (Wildman–Crippen MR) is 72.9 cm³/mol. The van der Waals surface area contributed by atoms with Gasteiger partial charge >= 0.3 is 0 Å². The van der Waals surface area contributed by atoms with Crippen LogP contribution in [0.3, 0.4) is 0 Å². The van der Waals surface area contributed by atoms with E-state index >= 15 is 0 Å². The van der Waals surface area contributed by atoms with Gasteiger partial charge in [-0.2, -0.15) is 4.98 Å². The molecule has 4 nitrogen and oxygen atoms in total. The smallest absolute Gasteiger partial charge is 0.298 e. The van der Waals surface area contributed by atoms with Crippen molar-refractivity contribution in [1.82, 2.24) is 9.55 Å². The summed E-state index contributed by atoms with van der Waals surface area (Å²) in [6.45, 7) is 5.60. The van der Waals surface area contributed by atoms with Crippen molar-refractivity contribution in [3.05, 3.63) is 22.5 Å². The maximum atomic E-state index is 8.30. The number of aromatic nitrogens is 2. The first-order chi connectivity index (χ1) is 8.77. The molecule has 0 unspecified atom stereocenters. The molecule has 0 bridgehead atoms. The summed E-state index contributed by atoms with van der Waals surface area (Å²) >= 11 is 1.57. The van der Waals surface area contributed by atoms with Crippen LogP contribution in [0.2, 0.25) is 0 Å². The van der Waals surface area contributed by atoms with Crippen molar-refractivity contribution >= 4 is 11.8 Å². The van der Waals surface area contributed by atoms with Crippen molar-refractivity contribution in [2.45, 2.75) is 44.7 Å².